The lowest BCUT2D eigenvalue weighted by Crippen LogP contribution is -2.47. The Morgan fingerprint density at radius 2 is 2.25 bits per heavy atom. The molecule has 20 heavy (non-hydrogen) atoms. The lowest BCUT2D eigenvalue weighted by atomic mass is 9.94. The van der Waals surface area contributed by atoms with Gasteiger partial charge >= 0.3 is 0 Å². The third-order valence-electron chi connectivity index (χ3n) is 3.93. The summed E-state index contributed by atoms with van der Waals surface area (Å²) < 4.78 is 6.01. The van der Waals surface area contributed by atoms with Crippen LogP contribution in [0.25, 0.3) is 0 Å². The van der Waals surface area contributed by atoms with E-state index in [1.54, 1.807) is 0 Å². The highest BCUT2D eigenvalue weighted by Gasteiger charge is 2.32. The molecule has 1 aliphatic heterocycles. The van der Waals surface area contributed by atoms with Crippen molar-refractivity contribution in [3.05, 3.63) is 34.3 Å². The molecule has 1 N–H and O–H groups in total. The van der Waals surface area contributed by atoms with Crippen LogP contribution in [-0.4, -0.2) is 44.3 Å². The number of hydrogen-bond acceptors (Lipinski definition) is 3. The average molecular weight is 297 g/mol. The molecule has 0 aliphatic carbocycles. The van der Waals surface area contributed by atoms with Crippen LogP contribution in [-0.2, 0) is 4.74 Å². The van der Waals surface area contributed by atoms with Crippen LogP contribution in [0.5, 0.6) is 0 Å². The van der Waals surface area contributed by atoms with Gasteiger partial charge in [0.05, 0.1) is 18.8 Å². The van der Waals surface area contributed by atoms with Gasteiger partial charge in [0, 0.05) is 18.1 Å². The zero-order chi connectivity index (χ0) is 14.5. The monoisotopic (exact) mass is 296 g/mol. The summed E-state index contributed by atoms with van der Waals surface area (Å²) in [6.07, 6.45) is 1.34. The molecule has 2 rings (SSSR count). The fourth-order valence-corrected chi connectivity index (χ4v) is 3.09. The molecule has 0 aromatic heterocycles. The van der Waals surface area contributed by atoms with Crippen LogP contribution >= 0.6 is 11.6 Å². The van der Waals surface area contributed by atoms with E-state index in [9.17, 15) is 0 Å². The molecule has 112 valence electrons. The molecule has 1 saturated heterocycles. The molecule has 2 unspecified atom stereocenters. The van der Waals surface area contributed by atoms with E-state index in [1.165, 1.54) is 11.1 Å². The summed E-state index contributed by atoms with van der Waals surface area (Å²) in [5.41, 5.74) is 2.56. The molecular weight excluding hydrogens is 272 g/mol. The normalized spacial score (nSPS) is 24.0. The summed E-state index contributed by atoms with van der Waals surface area (Å²) in [4.78, 5) is 2.39. The van der Waals surface area contributed by atoms with E-state index in [0.717, 1.165) is 37.7 Å². The highest BCUT2D eigenvalue weighted by molar-refractivity contribution is 6.30. The predicted octanol–water partition coefficient (Wildman–Crippen LogP) is 3.02. The van der Waals surface area contributed by atoms with Gasteiger partial charge in [-0.15, -0.1) is 0 Å². The molecule has 0 bridgehead atoms. The maximum Gasteiger partial charge on any atom is 0.0896 e. The number of aryl methyl sites for hydroxylation is 1. The van der Waals surface area contributed by atoms with Crippen molar-refractivity contribution >= 4 is 11.6 Å². The Morgan fingerprint density at radius 3 is 2.95 bits per heavy atom. The lowest BCUT2D eigenvalue weighted by Gasteiger charge is -2.40. The Bertz CT molecular complexity index is 438. The van der Waals surface area contributed by atoms with Crippen molar-refractivity contribution in [2.45, 2.75) is 32.4 Å². The highest BCUT2D eigenvalue weighted by Crippen LogP contribution is 2.31. The zero-order valence-corrected chi connectivity index (χ0v) is 13.4. The van der Waals surface area contributed by atoms with Gasteiger partial charge in [0.15, 0.2) is 0 Å². The van der Waals surface area contributed by atoms with Gasteiger partial charge in [0.2, 0.25) is 0 Å². The minimum atomic E-state index is 0.195. The van der Waals surface area contributed by atoms with E-state index < -0.39 is 0 Å². The Balaban J connectivity index is 2.18. The first-order valence-corrected chi connectivity index (χ1v) is 7.80. The van der Waals surface area contributed by atoms with Crippen LogP contribution in [0.4, 0.5) is 0 Å². The van der Waals surface area contributed by atoms with Crippen LogP contribution in [0.15, 0.2) is 18.2 Å². The third-order valence-corrected chi connectivity index (χ3v) is 4.16. The van der Waals surface area contributed by atoms with E-state index in [1.807, 2.05) is 12.1 Å². The predicted molar refractivity (Wildman–Crippen MR) is 84.5 cm³/mol. The summed E-state index contributed by atoms with van der Waals surface area (Å²) in [6.45, 7) is 8.01. The fraction of sp³-hybridized carbons (Fsp3) is 0.625. The van der Waals surface area contributed by atoms with E-state index in [2.05, 4.69) is 37.2 Å². The quantitative estimate of drug-likeness (QED) is 0.845. The minimum absolute atomic E-state index is 0.195. The van der Waals surface area contributed by atoms with Gasteiger partial charge < -0.3 is 10.1 Å². The second kappa shape index (κ2) is 7.41. The van der Waals surface area contributed by atoms with Crippen LogP contribution in [0, 0.1) is 6.92 Å². The topological polar surface area (TPSA) is 24.5 Å². The SMILES string of the molecule is CCCNCC1OCCN(C)C1c1ccc(Cl)cc1C. The van der Waals surface area contributed by atoms with Crippen LogP contribution in [0.3, 0.4) is 0 Å². The molecule has 1 fully saturated rings. The van der Waals surface area contributed by atoms with Crippen molar-refractivity contribution < 1.29 is 4.74 Å². The molecule has 1 aromatic rings. The summed E-state index contributed by atoms with van der Waals surface area (Å²) >= 11 is 6.07. The molecule has 4 heteroatoms. The van der Waals surface area contributed by atoms with Gasteiger partial charge in [-0.25, -0.2) is 0 Å². The lowest BCUT2D eigenvalue weighted by molar-refractivity contribution is -0.0614. The number of rotatable bonds is 5. The summed E-state index contributed by atoms with van der Waals surface area (Å²) in [5, 5.41) is 4.28. The van der Waals surface area contributed by atoms with Crippen LogP contribution < -0.4 is 5.32 Å². The third kappa shape index (κ3) is 3.73. The summed E-state index contributed by atoms with van der Waals surface area (Å²) in [6, 6.07) is 6.45. The van der Waals surface area contributed by atoms with Crippen molar-refractivity contribution in [1.29, 1.82) is 0 Å². The molecule has 0 amide bonds. The van der Waals surface area contributed by atoms with Crippen molar-refractivity contribution in [3.8, 4) is 0 Å². The Kier molecular flexibility index (Phi) is 5.85. The largest absolute Gasteiger partial charge is 0.374 e. The molecule has 0 saturated carbocycles. The van der Waals surface area contributed by atoms with Gasteiger partial charge in [-0.2, -0.15) is 0 Å². The standard InChI is InChI=1S/C16H25ClN2O/c1-4-7-18-11-15-16(19(3)8-9-20-15)14-6-5-13(17)10-12(14)2/h5-6,10,15-16,18H,4,7-9,11H2,1-3H3. The molecular formula is C16H25ClN2O. The average Bonchev–Trinajstić information content (AvgIpc) is 2.41. The molecule has 2 atom stereocenters. The highest BCUT2D eigenvalue weighted by atomic mass is 35.5. The van der Waals surface area contributed by atoms with Gasteiger partial charge in [-0.05, 0) is 50.2 Å². The first-order valence-electron chi connectivity index (χ1n) is 7.42. The summed E-state index contributed by atoms with van der Waals surface area (Å²) in [7, 11) is 2.17. The van der Waals surface area contributed by atoms with E-state index in [4.69, 9.17) is 16.3 Å². The van der Waals surface area contributed by atoms with Crippen LogP contribution in [0.1, 0.15) is 30.5 Å². The Hall–Kier alpha value is -0.610. The maximum atomic E-state index is 6.07. The number of benzene rings is 1. The van der Waals surface area contributed by atoms with Crippen molar-refractivity contribution in [1.82, 2.24) is 10.2 Å². The fourth-order valence-electron chi connectivity index (χ4n) is 2.86. The smallest absolute Gasteiger partial charge is 0.0896 e. The van der Waals surface area contributed by atoms with E-state index in [-0.39, 0.29) is 6.10 Å². The number of morpholine rings is 1. The van der Waals surface area contributed by atoms with Crippen molar-refractivity contribution in [3.63, 3.8) is 0 Å². The first-order chi connectivity index (χ1) is 9.63. The van der Waals surface area contributed by atoms with Gasteiger partial charge in [0.1, 0.15) is 0 Å². The summed E-state index contributed by atoms with van der Waals surface area (Å²) in [5.74, 6) is 0. The molecule has 3 nitrogen and oxygen atoms in total. The van der Waals surface area contributed by atoms with Gasteiger partial charge in [0.25, 0.3) is 0 Å². The first kappa shape index (κ1) is 15.8. The Morgan fingerprint density at radius 1 is 1.45 bits per heavy atom. The molecule has 1 aromatic carbocycles. The number of hydrogen-bond donors (Lipinski definition) is 1. The molecule has 0 radical (unpaired) electrons. The van der Waals surface area contributed by atoms with E-state index in [0.29, 0.717) is 6.04 Å². The molecule has 0 spiro atoms. The number of nitrogens with zero attached hydrogens (tertiary/aromatic N) is 1. The molecule has 1 aliphatic rings. The minimum Gasteiger partial charge on any atom is -0.374 e. The Labute approximate surface area is 127 Å². The van der Waals surface area contributed by atoms with Crippen LogP contribution in [0.2, 0.25) is 5.02 Å². The van der Waals surface area contributed by atoms with Gasteiger partial charge in [-0.1, -0.05) is 24.6 Å². The van der Waals surface area contributed by atoms with Crippen molar-refractivity contribution in [2.75, 3.05) is 33.3 Å². The second-order valence-electron chi connectivity index (χ2n) is 5.54. The van der Waals surface area contributed by atoms with Crippen molar-refractivity contribution in [2.24, 2.45) is 0 Å². The number of nitrogens with one attached hydrogen (secondary N) is 1. The number of halogens is 1. The number of ether oxygens (including phenoxy) is 1. The maximum absolute atomic E-state index is 6.07. The van der Waals surface area contributed by atoms with E-state index >= 15 is 0 Å². The number of likely N-dealkylation sites (N-methyl/N-ethyl adjacent to an activating group) is 1. The van der Waals surface area contributed by atoms with Gasteiger partial charge in [-0.3, -0.25) is 4.90 Å². The second-order valence-corrected chi connectivity index (χ2v) is 5.98. The zero-order valence-electron chi connectivity index (χ0n) is 12.7. The molecule has 1 heterocycles.